The third kappa shape index (κ3) is 2.66. The van der Waals surface area contributed by atoms with Gasteiger partial charge < -0.3 is 10.1 Å². The summed E-state index contributed by atoms with van der Waals surface area (Å²) in [5, 5.41) is 3.60. The molecule has 0 aliphatic carbocycles. The fraction of sp³-hybridized carbons (Fsp3) is 0.143. The maximum atomic E-state index is 12.4. The molecule has 2 aromatic rings. The number of anilines is 1. The van der Waals surface area contributed by atoms with Gasteiger partial charge in [0.2, 0.25) is 0 Å². The average Bonchev–Trinajstić information content (AvgIpc) is 2.90. The van der Waals surface area contributed by atoms with Crippen LogP contribution in [0.2, 0.25) is 0 Å². The topological polar surface area (TPSA) is 55.4 Å². The van der Waals surface area contributed by atoms with Crippen LogP contribution in [0.5, 0.6) is 0 Å². The van der Waals surface area contributed by atoms with Gasteiger partial charge in [0, 0.05) is 12.6 Å². The van der Waals surface area contributed by atoms with E-state index in [1.54, 1.807) is 37.4 Å². The standard InChI is InChI=1S/C14H13NO3S/c1-15-13-10(8-11(19-13)14(17)18-2)12(16)9-6-4-3-5-7-9/h3-8,15H,1-2H3. The maximum absolute atomic E-state index is 12.4. The molecule has 0 radical (unpaired) electrons. The molecule has 0 spiro atoms. The summed E-state index contributed by atoms with van der Waals surface area (Å²) in [5.74, 6) is -0.551. The maximum Gasteiger partial charge on any atom is 0.348 e. The number of carbonyl (C=O) groups excluding carboxylic acids is 2. The van der Waals surface area contributed by atoms with E-state index in [1.165, 1.54) is 18.4 Å². The molecule has 0 aliphatic rings. The number of benzene rings is 1. The van der Waals surface area contributed by atoms with Crippen LogP contribution in [0.4, 0.5) is 5.00 Å². The number of hydrogen-bond acceptors (Lipinski definition) is 5. The van der Waals surface area contributed by atoms with Crippen LogP contribution in [0.3, 0.4) is 0 Å². The lowest BCUT2D eigenvalue weighted by Gasteiger charge is -2.01. The number of nitrogens with one attached hydrogen (secondary N) is 1. The van der Waals surface area contributed by atoms with Gasteiger partial charge in [0.15, 0.2) is 5.78 Å². The fourth-order valence-corrected chi connectivity index (χ4v) is 2.62. The molecule has 1 aromatic carbocycles. The van der Waals surface area contributed by atoms with E-state index in [0.29, 0.717) is 21.0 Å². The van der Waals surface area contributed by atoms with E-state index in [2.05, 4.69) is 10.1 Å². The van der Waals surface area contributed by atoms with Gasteiger partial charge in [-0.05, 0) is 6.07 Å². The number of carbonyl (C=O) groups is 2. The highest BCUT2D eigenvalue weighted by atomic mass is 32.1. The molecular formula is C14H13NO3S. The lowest BCUT2D eigenvalue weighted by molar-refractivity contribution is 0.0606. The van der Waals surface area contributed by atoms with E-state index in [0.717, 1.165) is 0 Å². The lowest BCUT2D eigenvalue weighted by atomic mass is 10.1. The summed E-state index contributed by atoms with van der Waals surface area (Å²) in [4.78, 5) is 24.3. The highest BCUT2D eigenvalue weighted by Crippen LogP contribution is 2.30. The van der Waals surface area contributed by atoms with Gasteiger partial charge >= 0.3 is 5.97 Å². The van der Waals surface area contributed by atoms with Gasteiger partial charge in [0.05, 0.1) is 12.7 Å². The predicted octanol–water partition coefficient (Wildman–Crippen LogP) is 2.81. The third-order valence-corrected chi connectivity index (χ3v) is 3.76. The van der Waals surface area contributed by atoms with Crippen molar-refractivity contribution in [3.63, 3.8) is 0 Å². The van der Waals surface area contributed by atoms with E-state index in [9.17, 15) is 9.59 Å². The van der Waals surface area contributed by atoms with Gasteiger partial charge in [0.1, 0.15) is 9.88 Å². The third-order valence-electron chi connectivity index (χ3n) is 2.63. The second kappa shape index (κ2) is 5.67. The van der Waals surface area contributed by atoms with Crippen molar-refractivity contribution >= 4 is 28.1 Å². The summed E-state index contributed by atoms with van der Waals surface area (Å²) >= 11 is 1.21. The van der Waals surface area contributed by atoms with Crippen molar-refractivity contribution in [2.24, 2.45) is 0 Å². The fourth-order valence-electron chi connectivity index (χ4n) is 1.69. The van der Waals surface area contributed by atoms with Crippen molar-refractivity contribution in [1.29, 1.82) is 0 Å². The Morgan fingerprint density at radius 3 is 2.47 bits per heavy atom. The Morgan fingerprint density at radius 1 is 1.21 bits per heavy atom. The zero-order valence-corrected chi connectivity index (χ0v) is 11.4. The van der Waals surface area contributed by atoms with Crippen LogP contribution in [0, 0.1) is 0 Å². The summed E-state index contributed by atoms with van der Waals surface area (Å²) in [7, 11) is 3.04. The van der Waals surface area contributed by atoms with Crippen LogP contribution in [0.25, 0.3) is 0 Å². The minimum Gasteiger partial charge on any atom is -0.465 e. The molecule has 0 fully saturated rings. The summed E-state index contributed by atoms with van der Waals surface area (Å²) in [5.41, 5.74) is 1.08. The Labute approximate surface area is 115 Å². The first-order valence-corrected chi connectivity index (χ1v) is 6.48. The molecule has 0 saturated carbocycles. The van der Waals surface area contributed by atoms with Crippen LogP contribution < -0.4 is 5.32 Å². The Balaban J connectivity index is 2.42. The Hall–Kier alpha value is -2.14. The summed E-state index contributed by atoms with van der Waals surface area (Å²) in [6, 6.07) is 10.5. The lowest BCUT2D eigenvalue weighted by Crippen LogP contribution is -2.03. The minimum atomic E-state index is -0.436. The van der Waals surface area contributed by atoms with Crippen LogP contribution in [-0.2, 0) is 4.74 Å². The van der Waals surface area contributed by atoms with Crippen LogP contribution >= 0.6 is 11.3 Å². The van der Waals surface area contributed by atoms with E-state index in [4.69, 9.17) is 0 Å². The molecule has 0 unspecified atom stereocenters. The average molecular weight is 275 g/mol. The first-order valence-electron chi connectivity index (χ1n) is 5.67. The van der Waals surface area contributed by atoms with Gasteiger partial charge in [-0.1, -0.05) is 30.3 Å². The van der Waals surface area contributed by atoms with Gasteiger partial charge in [-0.25, -0.2) is 4.79 Å². The van der Waals surface area contributed by atoms with Crippen molar-refractivity contribution in [3.8, 4) is 0 Å². The van der Waals surface area contributed by atoms with Crippen LogP contribution in [-0.4, -0.2) is 25.9 Å². The first kappa shape index (κ1) is 13.3. The predicted molar refractivity (Wildman–Crippen MR) is 75.1 cm³/mol. The van der Waals surface area contributed by atoms with E-state index < -0.39 is 5.97 Å². The molecule has 98 valence electrons. The van der Waals surface area contributed by atoms with Crippen molar-refractivity contribution in [3.05, 3.63) is 52.4 Å². The van der Waals surface area contributed by atoms with Gasteiger partial charge in [-0.3, -0.25) is 4.79 Å². The molecule has 1 heterocycles. The molecule has 0 atom stereocenters. The highest BCUT2D eigenvalue weighted by molar-refractivity contribution is 7.18. The highest BCUT2D eigenvalue weighted by Gasteiger charge is 2.20. The van der Waals surface area contributed by atoms with Gasteiger partial charge in [0.25, 0.3) is 0 Å². The second-order valence-electron chi connectivity index (χ2n) is 3.79. The van der Waals surface area contributed by atoms with Crippen molar-refractivity contribution < 1.29 is 14.3 Å². The quantitative estimate of drug-likeness (QED) is 0.688. The van der Waals surface area contributed by atoms with Crippen LogP contribution in [0.1, 0.15) is 25.6 Å². The second-order valence-corrected chi connectivity index (χ2v) is 4.84. The molecule has 19 heavy (non-hydrogen) atoms. The monoisotopic (exact) mass is 275 g/mol. The first-order chi connectivity index (χ1) is 9.17. The number of ether oxygens (including phenoxy) is 1. The summed E-state index contributed by atoms with van der Waals surface area (Å²) in [6.07, 6.45) is 0. The van der Waals surface area contributed by atoms with Gasteiger partial charge in [-0.15, -0.1) is 11.3 Å². The number of methoxy groups -OCH3 is 1. The Kier molecular flexibility index (Phi) is 3.97. The molecule has 0 amide bonds. The molecule has 4 nitrogen and oxygen atoms in total. The zero-order chi connectivity index (χ0) is 13.8. The molecule has 0 saturated heterocycles. The van der Waals surface area contributed by atoms with Crippen molar-refractivity contribution in [2.75, 3.05) is 19.5 Å². The Morgan fingerprint density at radius 2 is 1.89 bits per heavy atom. The van der Waals surface area contributed by atoms with E-state index >= 15 is 0 Å². The molecule has 5 heteroatoms. The largest absolute Gasteiger partial charge is 0.465 e. The SMILES string of the molecule is CNc1sc(C(=O)OC)cc1C(=O)c1ccccc1. The van der Waals surface area contributed by atoms with Crippen molar-refractivity contribution in [2.45, 2.75) is 0 Å². The molecule has 1 aromatic heterocycles. The zero-order valence-electron chi connectivity index (χ0n) is 10.6. The minimum absolute atomic E-state index is 0.114. The molecule has 2 rings (SSSR count). The number of rotatable bonds is 4. The smallest absolute Gasteiger partial charge is 0.348 e. The van der Waals surface area contributed by atoms with E-state index in [-0.39, 0.29) is 5.78 Å². The molecule has 1 N–H and O–H groups in total. The van der Waals surface area contributed by atoms with Crippen LogP contribution in [0.15, 0.2) is 36.4 Å². The Bertz CT molecular complexity index is 604. The summed E-state index contributed by atoms with van der Waals surface area (Å²) in [6.45, 7) is 0. The normalized spacial score (nSPS) is 10.0. The van der Waals surface area contributed by atoms with Crippen molar-refractivity contribution in [1.82, 2.24) is 0 Å². The molecule has 0 bridgehead atoms. The number of hydrogen-bond donors (Lipinski definition) is 1. The molecular weight excluding hydrogens is 262 g/mol. The molecule has 0 aliphatic heterocycles. The number of esters is 1. The van der Waals surface area contributed by atoms with Gasteiger partial charge in [-0.2, -0.15) is 0 Å². The number of thiophene rings is 1. The van der Waals surface area contributed by atoms with E-state index in [1.807, 2.05) is 6.07 Å². The summed E-state index contributed by atoms with van der Waals surface area (Å²) < 4.78 is 4.67. The number of ketones is 1.